The van der Waals surface area contributed by atoms with E-state index in [9.17, 15) is 14.7 Å². The molecule has 6 nitrogen and oxygen atoms in total. The summed E-state index contributed by atoms with van der Waals surface area (Å²) in [4.78, 5) is 21.7. The van der Waals surface area contributed by atoms with E-state index in [2.05, 4.69) is 24.5 Å². The van der Waals surface area contributed by atoms with Gasteiger partial charge in [-0.2, -0.15) is 0 Å². The van der Waals surface area contributed by atoms with Crippen LogP contribution in [-0.4, -0.2) is 40.9 Å². The summed E-state index contributed by atoms with van der Waals surface area (Å²) in [6.45, 7) is 5.95. The zero-order valence-electron chi connectivity index (χ0n) is 10.6. The molecule has 0 aromatic rings. The number of carboxylic acids is 1. The summed E-state index contributed by atoms with van der Waals surface area (Å²) >= 11 is 0. The van der Waals surface area contributed by atoms with Crippen molar-refractivity contribution in [1.82, 2.24) is 10.6 Å². The molecule has 17 heavy (non-hydrogen) atoms. The van der Waals surface area contributed by atoms with Gasteiger partial charge in [-0.05, 0) is 19.3 Å². The number of aliphatic hydroxyl groups is 1. The van der Waals surface area contributed by atoms with Gasteiger partial charge >= 0.3 is 12.0 Å². The minimum atomic E-state index is -1.43. The molecule has 0 aliphatic carbocycles. The van der Waals surface area contributed by atoms with Crippen molar-refractivity contribution in [3.8, 4) is 0 Å². The Hall–Kier alpha value is -1.30. The molecule has 2 amide bonds. The van der Waals surface area contributed by atoms with Crippen molar-refractivity contribution >= 4 is 12.0 Å². The highest BCUT2D eigenvalue weighted by atomic mass is 16.4. The van der Waals surface area contributed by atoms with Crippen LogP contribution in [0.15, 0.2) is 0 Å². The minimum Gasteiger partial charge on any atom is -0.481 e. The van der Waals surface area contributed by atoms with Crippen molar-refractivity contribution < 1.29 is 19.8 Å². The molecular weight excluding hydrogens is 224 g/mol. The number of hydrogen-bond donors (Lipinski definition) is 4. The Labute approximate surface area is 101 Å². The lowest BCUT2D eigenvalue weighted by molar-refractivity contribution is -0.141. The summed E-state index contributed by atoms with van der Waals surface area (Å²) in [6.07, 6.45) is 0.470. The van der Waals surface area contributed by atoms with Gasteiger partial charge in [-0.15, -0.1) is 0 Å². The molecule has 100 valence electrons. The second-order valence-electron chi connectivity index (χ2n) is 4.86. The summed E-state index contributed by atoms with van der Waals surface area (Å²) < 4.78 is 0. The predicted molar refractivity (Wildman–Crippen MR) is 63.7 cm³/mol. The Morgan fingerprint density at radius 1 is 1.29 bits per heavy atom. The smallest absolute Gasteiger partial charge is 0.314 e. The molecule has 1 unspecified atom stereocenters. The molecule has 0 radical (unpaired) electrons. The Kier molecular flexibility index (Phi) is 6.57. The normalized spacial score (nSPS) is 14.2. The molecule has 6 heteroatoms. The zero-order valence-corrected chi connectivity index (χ0v) is 10.6. The van der Waals surface area contributed by atoms with E-state index >= 15 is 0 Å². The quantitative estimate of drug-likeness (QED) is 0.527. The molecule has 0 aliphatic rings. The van der Waals surface area contributed by atoms with E-state index in [-0.39, 0.29) is 6.54 Å². The van der Waals surface area contributed by atoms with Crippen LogP contribution >= 0.6 is 0 Å². The van der Waals surface area contributed by atoms with Crippen LogP contribution in [0, 0.1) is 5.92 Å². The lowest BCUT2D eigenvalue weighted by Crippen LogP contribution is -2.46. The Morgan fingerprint density at radius 3 is 2.35 bits per heavy atom. The number of nitrogens with one attached hydrogen (secondary N) is 2. The number of carbonyl (C=O) groups excluding carboxylic acids is 1. The third-order valence-corrected chi connectivity index (χ3v) is 2.17. The van der Waals surface area contributed by atoms with E-state index < -0.39 is 24.0 Å². The summed E-state index contributed by atoms with van der Waals surface area (Å²) in [6, 6.07) is -0.392. The molecular formula is C11H22N2O4. The average molecular weight is 246 g/mol. The van der Waals surface area contributed by atoms with Crippen LogP contribution in [0.3, 0.4) is 0 Å². The van der Waals surface area contributed by atoms with Gasteiger partial charge in [0.15, 0.2) is 0 Å². The van der Waals surface area contributed by atoms with Crippen LogP contribution in [0.4, 0.5) is 4.79 Å². The van der Waals surface area contributed by atoms with Gasteiger partial charge in [0, 0.05) is 13.1 Å². The topological polar surface area (TPSA) is 98.7 Å². The lowest BCUT2D eigenvalue weighted by Gasteiger charge is -2.21. The maximum atomic E-state index is 11.3. The lowest BCUT2D eigenvalue weighted by atomic mass is 10.0. The van der Waals surface area contributed by atoms with Gasteiger partial charge in [0.05, 0.1) is 12.0 Å². The zero-order chi connectivity index (χ0) is 13.5. The standard InChI is InChI=1S/C11H22N2O4/c1-8(2)4-5-12-10(16)13-7-11(3,17)6-9(14)15/h8,17H,4-7H2,1-3H3,(H,14,15)(H2,12,13,16). The maximum absolute atomic E-state index is 11.3. The first-order valence-electron chi connectivity index (χ1n) is 5.69. The van der Waals surface area contributed by atoms with Gasteiger partial charge in [0.25, 0.3) is 0 Å². The first kappa shape index (κ1) is 15.7. The molecule has 0 spiro atoms. The van der Waals surface area contributed by atoms with Crippen LogP contribution in [0.1, 0.15) is 33.6 Å². The van der Waals surface area contributed by atoms with Gasteiger partial charge in [-0.25, -0.2) is 4.79 Å². The van der Waals surface area contributed by atoms with E-state index in [0.29, 0.717) is 12.5 Å². The fraction of sp³-hybridized carbons (Fsp3) is 0.818. The van der Waals surface area contributed by atoms with Crippen molar-refractivity contribution in [3.05, 3.63) is 0 Å². The first-order valence-corrected chi connectivity index (χ1v) is 5.69. The number of rotatable bonds is 7. The monoisotopic (exact) mass is 246 g/mol. The SMILES string of the molecule is CC(C)CCNC(=O)NCC(C)(O)CC(=O)O. The highest BCUT2D eigenvalue weighted by Crippen LogP contribution is 2.07. The van der Waals surface area contributed by atoms with E-state index in [4.69, 9.17) is 5.11 Å². The molecule has 0 saturated heterocycles. The molecule has 0 aliphatic heterocycles. The van der Waals surface area contributed by atoms with Gasteiger partial charge < -0.3 is 20.8 Å². The second-order valence-corrected chi connectivity index (χ2v) is 4.86. The molecule has 1 atom stereocenters. The van der Waals surface area contributed by atoms with Crippen molar-refractivity contribution in [3.63, 3.8) is 0 Å². The fourth-order valence-electron chi connectivity index (χ4n) is 1.20. The number of carboxylic acid groups (broad SMARTS) is 1. The second kappa shape index (κ2) is 7.11. The molecule has 4 N–H and O–H groups in total. The summed E-state index contributed by atoms with van der Waals surface area (Å²) in [5, 5.41) is 23.2. The molecule has 0 aromatic heterocycles. The minimum absolute atomic E-state index is 0.0905. The molecule has 0 bridgehead atoms. The van der Waals surface area contributed by atoms with Crippen molar-refractivity contribution in [2.75, 3.05) is 13.1 Å². The number of aliphatic carboxylic acids is 1. The molecule has 0 heterocycles. The van der Waals surface area contributed by atoms with Crippen molar-refractivity contribution in [1.29, 1.82) is 0 Å². The molecule has 0 saturated carbocycles. The van der Waals surface area contributed by atoms with Gasteiger partial charge in [-0.3, -0.25) is 4.79 Å². The van der Waals surface area contributed by atoms with E-state index in [1.54, 1.807) is 0 Å². The molecule has 0 aromatic carbocycles. The van der Waals surface area contributed by atoms with Crippen LogP contribution in [0.2, 0.25) is 0 Å². The average Bonchev–Trinajstić information content (AvgIpc) is 2.12. The van der Waals surface area contributed by atoms with Crippen LogP contribution in [0.5, 0.6) is 0 Å². The number of hydrogen-bond acceptors (Lipinski definition) is 3. The Morgan fingerprint density at radius 2 is 1.88 bits per heavy atom. The van der Waals surface area contributed by atoms with E-state index in [0.717, 1.165) is 6.42 Å². The fourth-order valence-corrected chi connectivity index (χ4v) is 1.20. The van der Waals surface area contributed by atoms with Gasteiger partial charge in [0.2, 0.25) is 0 Å². The summed E-state index contributed by atoms with van der Waals surface area (Å²) in [5.41, 5.74) is -1.43. The molecule has 0 fully saturated rings. The Bertz CT molecular complexity index is 264. The largest absolute Gasteiger partial charge is 0.481 e. The number of carbonyl (C=O) groups is 2. The van der Waals surface area contributed by atoms with E-state index in [1.807, 2.05) is 0 Å². The van der Waals surface area contributed by atoms with Gasteiger partial charge in [-0.1, -0.05) is 13.8 Å². The number of amides is 2. The summed E-state index contributed by atoms with van der Waals surface area (Å²) in [5.74, 6) is -0.595. The number of urea groups is 1. The van der Waals surface area contributed by atoms with E-state index in [1.165, 1.54) is 6.92 Å². The summed E-state index contributed by atoms with van der Waals surface area (Å²) in [7, 11) is 0. The van der Waals surface area contributed by atoms with Crippen molar-refractivity contribution in [2.24, 2.45) is 5.92 Å². The van der Waals surface area contributed by atoms with Crippen LogP contribution in [-0.2, 0) is 4.79 Å². The predicted octanol–water partition coefficient (Wildman–Crippen LogP) is 0.557. The highest BCUT2D eigenvalue weighted by Gasteiger charge is 2.24. The molecule has 0 rings (SSSR count). The third-order valence-electron chi connectivity index (χ3n) is 2.17. The third kappa shape index (κ3) is 9.62. The first-order chi connectivity index (χ1) is 7.73. The highest BCUT2D eigenvalue weighted by molar-refractivity contribution is 5.74. The van der Waals surface area contributed by atoms with Crippen molar-refractivity contribution in [2.45, 2.75) is 39.2 Å². The van der Waals surface area contributed by atoms with Gasteiger partial charge in [0.1, 0.15) is 0 Å². The Balaban J connectivity index is 3.79. The van der Waals surface area contributed by atoms with Crippen LogP contribution < -0.4 is 10.6 Å². The maximum Gasteiger partial charge on any atom is 0.314 e. The van der Waals surface area contributed by atoms with Crippen LogP contribution in [0.25, 0.3) is 0 Å².